The molecule has 0 unspecified atom stereocenters. The lowest BCUT2D eigenvalue weighted by atomic mass is 10.1. The van der Waals surface area contributed by atoms with E-state index in [0.29, 0.717) is 11.5 Å². The molecule has 0 fully saturated rings. The molecule has 1 aromatic heterocycles. The van der Waals surface area contributed by atoms with Crippen molar-refractivity contribution in [2.45, 2.75) is 6.92 Å². The number of rotatable bonds is 4. The molecule has 0 aliphatic rings. The second-order valence-electron chi connectivity index (χ2n) is 3.53. The molecule has 0 aliphatic heterocycles. The number of carbonyl (C=O) groups is 1. The standard InChI is InChI=1S/C13H13NO3S/c1-3-17-13(15)12-8-11(14-18-12)9-4-6-10(16-2)7-5-9/h4-8H,3H2,1-2H3. The van der Waals surface area contributed by atoms with Crippen LogP contribution in [0.2, 0.25) is 0 Å². The third kappa shape index (κ3) is 2.68. The molecule has 0 radical (unpaired) electrons. The number of hydrogen-bond acceptors (Lipinski definition) is 5. The largest absolute Gasteiger partial charge is 0.497 e. The first-order valence-electron chi connectivity index (χ1n) is 5.53. The van der Waals surface area contributed by atoms with Crippen molar-refractivity contribution >= 4 is 17.5 Å². The van der Waals surface area contributed by atoms with Gasteiger partial charge in [-0.1, -0.05) is 0 Å². The topological polar surface area (TPSA) is 48.4 Å². The van der Waals surface area contributed by atoms with E-state index in [4.69, 9.17) is 9.47 Å². The van der Waals surface area contributed by atoms with E-state index in [9.17, 15) is 4.79 Å². The van der Waals surface area contributed by atoms with Gasteiger partial charge in [0.15, 0.2) is 0 Å². The van der Waals surface area contributed by atoms with Gasteiger partial charge in [0.1, 0.15) is 10.6 Å². The van der Waals surface area contributed by atoms with Crippen molar-refractivity contribution < 1.29 is 14.3 Å². The van der Waals surface area contributed by atoms with Gasteiger partial charge in [0, 0.05) is 5.56 Å². The van der Waals surface area contributed by atoms with Crippen LogP contribution in [0.15, 0.2) is 30.3 Å². The molecular formula is C13H13NO3S. The minimum atomic E-state index is -0.324. The summed E-state index contributed by atoms with van der Waals surface area (Å²) in [5, 5.41) is 0. The van der Waals surface area contributed by atoms with Crippen LogP contribution in [0.25, 0.3) is 11.3 Å². The van der Waals surface area contributed by atoms with Gasteiger partial charge >= 0.3 is 5.97 Å². The zero-order valence-corrected chi connectivity index (χ0v) is 11.0. The molecule has 0 bridgehead atoms. The Hall–Kier alpha value is -1.88. The Morgan fingerprint density at radius 2 is 2.06 bits per heavy atom. The highest BCUT2D eigenvalue weighted by molar-refractivity contribution is 7.08. The number of aromatic nitrogens is 1. The molecule has 0 aliphatic carbocycles. The highest BCUT2D eigenvalue weighted by atomic mass is 32.1. The first kappa shape index (κ1) is 12.6. The van der Waals surface area contributed by atoms with Crippen LogP contribution in [-0.2, 0) is 4.74 Å². The van der Waals surface area contributed by atoms with Crippen LogP contribution in [0.3, 0.4) is 0 Å². The fraction of sp³-hybridized carbons (Fsp3) is 0.231. The van der Waals surface area contributed by atoms with Crippen molar-refractivity contribution in [2.75, 3.05) is 13.7 Å². The minimum absolute atomic E-state index is 0.324. The van der Waals surface area contributed by atoms with Crippen LogP contribution in [0.4, 0.5) is 0 Å². The molecule has 94 valence electrons. The van der Waals surface area contributed by atoms with Gasteiger partial charge in [0.2, 0.25) is 0 Å². The second kappa shape index (κ2) is 5.64. The van der Waals surface area contributed by atoms with Crippen LogP contribution >= 0.6 is 11.5 Å². The summed E-state index contributed by atoms with van der Waals surface area (Å²) < 4.78 is 14.3. The molecule has 1 heterocycles. The molecule has 0 saturated heterocycles. The van der Waals surface area contributed by atoms with Crippen LogP contribution in [-0.4, -0.2) is 24.1 Å². The summed E-state index contributed by atoms with van der Waals surface area (Å²) in [4.78, 5) is 12.0. The van der Waals surface area contributed by atoms with Crippen molar-refractivity contribution in [3.8, 4) is 17.0 Å². The SMILES string of the molecule is CCOC(=O)c1cc(-c2ccc(OC)cc2)ns1. The van der Waals surface area contributed by atoms with Crippen molar-refractivity contribution in [3.05, 3.63) is 35.2 Å². The van der Waals surface area contributed by atoms with Gasteiger partial charge in [-0.2, -0.15) is 4.37 Å². The van der Waals surface area contributed by atoms with Crippen molar-refractivity contribution in [1.82, 2.24) is 4.37 Å². The lowest BCUT2D eigenvalue weighted by Gasteiger charge is -2.00. The third-order valence-corrected chi connectivity index (χ3v) is 3.14. The van der Waals surface area contributed by atoms with Crippen molar-refractivity contribution in [3.63, 3.8) is 0 Å². The van der Waals surface area contributed by atoms with E-state index in [0.717, 1.165) is 28.5 Å². The predicted molar refractivity (Wildman–Crippen MR) is 70.1 cm³/mol. The maximum atomic E-state index is 11.5. The summed E-state index contributed by atoms with van der Waals surface area (Å²) >= 11 is 1.15. The summed E-state index contributed by atoms with van der Waals surface area (Å²) in [6.45, 7) is 2.15. The molecule has 5 heteroatoms. The summed E-state index contributed by atoms with van der Waals surface area (Å²) in [6.07, 6.45) is 0. The van der Waals surface area contributed by atoms with Gasteiger partial charge in [-0.25, -0.2) is 4.79 Å². The molecular weight excluding hydrogens is 250 g/mol. The Balaban J connectivity index is 2.20. The molecule has 1 aromatic carbocycles. The first-order valence-corrected chi connectivity index (χ1v) is 6.30. The first-order chi connectivity index (χ1) is 8.74. The fourth-order valence-electron chi connectivity index (χ4n) is 1.47. The number of nitrogens with zero attached hydrogens (tertiary/aromatic N) is 1. The summed E-state index contributed by atoms with van der Waals surface area (Å²) in [5.41, 5.74) is 1.72. The molecule has 2 aromatic rings. The molecule has 2 rings (SSSR count). The monoisotopic (exact) mass is 263 g/mol. The van der Waals surface area contributed by atoms with Gasteiger partial charge in [-0.15, -0.1) is 0 Å². The number of ether oxygens (including phenoxy) is 2. The molecule has 18 heavy (non-hydrogen) atoms. The Morgan fingerprint density at radius 3 is 2.67 bits per heavy atom. The number of hydrogen-bond donors (Lipinski definition) is 0. The van der Waals surface area contributed by atoms with Crippen molar-refractivity contribution in [2.24, 2.45) is 0 Å². The highest BCUT2D eigenvalue weighted by Crippen LogP contribution is 2.24. The number of carbonyl (C=O) groups excluding carboxylic acids is 1. The van der Waals surface area contributed by atoms with Gasteiger partial charge < -0.3 is 9.47 Å². The Labute approximate surface area is 109 Å². The van der Waals surface area contributed by atoms with Gasteiger partial charge in [-0.05, 0) is 48.8 Å². The quantitative estimate of drug-likeness (QED) is 0.796. The normalized spacial score (nSPS) is 10.1. The van der Waals surface area contributed by atoms with Crippen LogP contribution < -0.4 is 4.74 Å². The summed E-state index contributed by atoms with van der Waals surface area (Å²) in [5.74, 6) is 0.467. The zero-order valence-electron chi connectivity index (χ0n) is 10.2. The maximum Gasteiger partial charge on any atom is 0.349 e. The average Bonchev–Trinajstić information content (AvgIpc) is 2.89. The molecule has 0 spiro atoms. The van der Waals surface area contributed by atoms with E-state index >= 15 is 0 Å². The van der Waals surface area contributed by atoms with E-state index in [1.54, 1.807) is 20.1 Å². The summed E-state index contributed by atoms with van der Waals surface area (Å²) in [6, 6.07) is 9.27. The van der Waals surface area contributed by atoms with E-state index in [1.165, 1.54) is 0 Å². The molecule has 0 N–H and O–H groups in total. The predicted octanol–water partition coefficient (Wildman–Crippen LogP) is 3.00. The molecule has 0 atom stereocenters. The second-order valence-corrected chi connectivity index (χ2v) is 4.33. The van der Waals surface area contributed by atoms with E-state index in [1.807, 2.05) is 24.3 Å². The van der Waals surface area contributed by atoms with Crippen LogP contribution in [0.5, 0.6) is 5.75 Å². The maximum absolute atomic E-state index is 11.5. The molecule has 0 amide bonds. The highest BCUT2D eigenvalue weighted by Gasteiger charge is 2.12. The zero-order chi connectivity index (χ0) is 13.0. The minimum Gasteiger partial charge on any atom is -0.497 e. The lowest BCUT2D eigenvalue weighted by Crippen LogP contribution is -2.01. The van der Waals surface area contributed by atoms with Gasteiger partial charge in [-0.3, -0.25) is 0 Å². The van der Waals surface area contributed by atoms with Gasteiger partial charge in [0.05, 0.1) is 19.4 Å². The smallest absolute Gasteiger partial charge is 0.349 e. The third-order valence-electron chi connectivity index (χ3n) is 2.37. The molecule has 0 saturated carbocycles. The number of esters is 1. The fourth-order valence-corrected chi connectivity index (χ4v) is 2.12. The van der Waals surface area contributed by atoms with Crippen molar-refractivity contribution in [1.29, 1.82) is 0 Å². The van der Waals surface area contributed by atoms with Crippen LogP contribution in [0, 0.1) is 0 Å². The Morgan fingerprint density at radius 1 is 1.33 bits per heavy atom. The van der Waals surface area contributed by atoms with Crippen LogP contribution in [0.1, 0.15) is 16.6 Å². The Kier molecular flexibility index (Phi) is 3.94. The van der Waals surface area contributed by atoms with E-state index < -0.39 is 0 Å². The lowest BCUT2D eigenvalue weighted by molar-refractivity contribution is 0.0532. The average molecular weight is 263 g/mol. The number of benzene rings is 1. The van der Waals surface area contributed by atoms with E-state index in [2.05, 4.69) is 4.37 Å². The van der Waals surface area contributed by atoms with E-state index in [-0.39, 0.29) is 5.97 Å². The summed E-state index contributed by atoms with van der Waals surface area (Å²) in [7, 11) is 1.62. The van der Waals surface area contributed by atoms with Gasteiger partial charge in [0.25, 0.3) is 0 Å². The molecule has 4 nitrogen and oxygen atoms in total. The Bertz CT molecular complexity index is 533. The number of methoxy groups -OCH3 is 1.